The van der Waals surface area contributed by atoms with E-state index in [4.69, 9.17) is 25.8 Å². The first-order valence-electron chi connectivity index (χ1n) is 11.7. The molecule has 8 nitrogen and oxygen atoms in total. The van der Waals surface area contributed by atoms with Crippen molar-refractivity contribution in [1.82, 2.24) is 14.7 Å². The first kappa shape index (κ1) is 24.0. The Kier molecular flexibility index (Phi) is 7.24. The Morgan fingerprint density at radius 1 is 1.03 bits per heavy atom. The molecule has 33 heavy (non-hydrogen) atoms. The molecule has 1 spiro atoms. The molecule has 9 heteroatoms. The van der Waals surface area contributed by atoms with Crippen LogP contribution in [0.1, 0.15) is 31.7 Å². The van der Waals surface area contributed by atoms with Crippen molar-refractivity contribution >= 4 is 23.6 Å². The van der Waals surface area contributed by atoms with Gasteiger partial charge in [0.25, 0.3) is 0 Å². The van der Waals surface area contributed by atoms with Gasteiger partial charge in [-0.3, -0.25) is 9.69 Å². The largest absolute Gasteiger partial charge is 0.493 e. The molecule has 2 amide bonds. The molecule has 3 aliphatic rings. The van der Waals surface area contributed by atoms with Crippen LogP contribution in [0.15, 0.2) is 12.1 Å². The van der Waals surface area contributed by atoms with Crippen molar-refractivity contribution in [3.05, 3.63) is 22.7 Å². The second-order valence-corrected chi connectivity index (χ2v) is 9.56. The molecular formula is C24H34ClN3O5. The van der Waals surface area contributed by atoms with E-state index in [1.165, 1.54) is 0 Å². The van der Waals surface area contributed by atoms with Crippen LogP contribution >= 0.6 is 11.6 Å². The number of methoxy groups -OCH3 is 2. The van der Waals surface area contributed by atoms with Crippen molar-refractivity contribution in [2.45, 2.75) is 32.7 Å². The number of rotatable bonds is 6. The standard InChI is InChI=1S/C24H34ClN3O5/c1-4-33-23(30)28-13-11-27(12-14-28)22(29)18-15-24(18)7-9-26(10-8-24)16-17-5-6-19(31-2)21(32-3)20(17)25/h5-6,18H,4,7-16H2,1-3H3/t18-/m1/s1. The molecule has 1 saturated carbocycles. The molecule has 0 radical (unpaired) electrons. The van der Waals surface area contributed by atoms with Gasteiger partial charge in [-0.1, -0.05) is 17.7 Å². The van der Waals surface area contributed by atoms with Crippen molar-refractivity contribution in [3.8, 4) is 11.5 Å². The third-order valence-electron chi connectivity index (χ3n) is 7.42. The Morgan fingerprint density at radius 3 is 2.30 bits per heavy atom. The maximum Gasteiger partial charge on any atom is 0.409 e. The Hall–Kier alpha value is -2.19. The number of hydrogen-bond acceptors (Lipinski definition) is 6. The van der Waals surface area contributed by atoms with E-state index in [-0.39, 0.29) is 23.3 Å². The van der Waals surface area contributed by atoms with E-state index in [9.17, 15) is 9.59 Å². The predicted molar refractivity (Wildman–Crippen MR) is 125 cm³/mol. The quantitative estimate of drug-likeness (QED) is 0.623. The first-order valence-corrected chi connectivity index (χ1v) is 12.1. The molecule has 0 unspecified atom stereocenters. The SMILES string of the molecule is CCOC(=O)N1CCN(C(=O)[C@H]2CC23CCN(Cc2ccc(OC)c(OC)c2Cl)CC3)CC1. The zero-order valence-corrected chi connectivity index (χ0v) is 20.5. The summed E-state index contributed by atoms with van der Waals surface area (Å²) in [5, 5.41) is 0.596. The number of amides is 2. The molecule has 4 rings (SSSR count). The molecule has 182 valence electrons. The smallest absolute Gasteiger partial charge is 0.409 e. The lowest BCUT2D eigenvalue weighted by Crippen LogP contribution is -2.51. The number of benzene rings is 1. The minimum absolute atomic E-state index is 0.124. The fraction of sp³-hybridized carbons (Fsp3) is 0.667. The number of carbonyl (C=O) groups is 2. The Morgan fingerprint density at radius 2 is 1.70 bits per heavy atom. The van der Waals surface area contributed by atoms with Gasteiger partial charge in [-0.25, -0.2) is 4.79 Å². The highest BCUT2D eigenvalue weighted by Crippen LogP contribution is 2.60. The fourth-order valence-electron chi connectivity index (χ4n) is 5.24. The topological polar surface area (TPSA) is 71.6 Å². The number of halogens is 1. The average molecular weight is 480 g/mol. The molecular weight excluding hydrogens is 446 g/mol. The Bertz CT molecular complexity index is 879. The summed E-state index contributed by atoms with van der Waals surface area (Å²) in [6.45, 7) is 7.10. The van der Waals surface area contributed by atoms with Crippen molar-refractivity contribution in [2.75, 3.05) is 60.1 Å². The van der Waals surface area contributed by atoms with Gasteiger partial charge in [0, 0.05) is 38.6 Å². The van der Waals surface area contributed by atoms with Crippen LogP contribution in [0.3, 0.4) is 0 Å². The van der Waals surface area contributed by atoms with E-state index >= 15 is 0 Å². The highest BCUT2D eigenvalue weighted by Gasteiger charge is 2.59. The molecule has 1 aromatic rings. The zero-order chi connectivity index (χ0) is 23.6. The lowest BCUT2D eigenvalue weighted by molar-refractivity contribution is -0.135. The summed E-state index contributed by atoms with van der Waals surface area (Å²) < 4.78 is 15.8. The van der Waals surface area contributed by atoms with Gasteiger partial charge >= 0.3 is 6.09 Å². The summed E-state index contributed by atoms with van der Waals surface area (Å²) in [5.74, 6) is 1.58. The minimum Gasteiger partial charge on any atom is -0.493 e. The molecule has 1 atom stereocenters. The van der Waals surface area contributed by atoms with Crippen LogP contribution < -0.4 is 9.47 Å². The summed E-state index contributed by atoms with van der Waals surface area (Å²) in [6.07, 6.45) is 2.75. The van der Waals surface area contributed by atoms with Gasteiger partial charge in [0.1, 0.15) is 0 Å². The second kappa shape index (κ2) is 9.97. The summed E-state index contributed by atoms with van der Waals surface area (Å²) in [7, 11) is 3.20. The van der Waals surface area contributed by atoms with Crippen molar-refractivity contribution in [1.29, 1.82) is 0 Å². The number of nitrogens with zero attached hydrogens (tertiary/aromatic N) is 3. The van der Waals surface area contributed by atoms with Crippen LogP contribution in [0.4, 0.5) is 4.79 Å². The molecule has 0 N–H and O–H groups in total. The van der Waals surface area contributed by atoms with Crippen molar-refractivity contribution < 1.29 is 23.8 Å². The van der Waals surface area contributed by atoms with Crippen LogP contribution in [0.25, 0.3) is 0 Å². The number of hydrogen-bond donors (Lipinski definition) is 0. The number of ether oxygens (including phenoxy) is 3. The molecule has 2 heterocycles. The van der Waals surface area contributed by atoms with E-state index < -0.39 is 0 Å². The van der Waals surface area contributed by atoms with Crippen LogP contribution in [0.2, 0.25) is 5.02 Å². The predicted octanol–water partition coefficient (Wildman–Crippen LogP) is 3.26. The van der Waals surface area contributed by atoms with Crippen LogP contribution in [0, 0.1) is 11.3 Å². The van der Waals surface area contributed by atoms with Crippen molar-refractivity contribution in [2.24, 2.45) is 11.3 Å². The third kappa shape index (κ3) is 4.87. The van der Waals surface area contributed by atoms with Crippen LogP contribution in [-0.2, 0) is 16.1 Å². The Labute approximate surface area is 200 Å². The minimum atomic E-state index is -0.283. The van der Waals surface area contributed by atoms with Gasteiger partial charge in [-0.2, -0.15) is 0 Å². The number of piperazine rings is 1. The van der Waals surface area contributed by atoms with Gasteiger partial charge < -0.3 is 24.0 Å². The van der Waals surface area contributed by atoms with E-state index in [1.807, 2.05) is 17.0 Å². The summed E-state index contributed by atoms with van der Waals surface area (Å²) in [5.41, 5.74) is 1.17. The molecule has 2 aliphatic heterocycles. The molecule has 3 fully saturated rings. The first-order chi connectivity index (χ1) is 15.9. The van der Waals surface area contributed by atoms with Gasteiger partial charge in [0.15, 0.2) is 11.5 Å². The average Bonchev–Trinajstić information content (AvgIpc) is 3.54. The molecule has 1 aromatic carbocycles. The van der Waals surface area contributed by atoms with Crippen molar-refractivity contribution in [3.63, 3.8) is 0 Å². The van der Waals surface area contributed by atoms with Gasteiger partial charge in [-0.05, 0) is 56.3 Å². The van der Waals surface area contributed by atoms with Crippen LogP contribution in [0.5, 0.6) is 11.5 Å². The van der Waals surface area contributed by atoms with Gasteiger partial charge in [0.2, 0.25) is 5.91 Å². The molecule has 0 bridgehead atoms. The Balaban J connectivity index is 1.27. The lowest BCUT2D eigenvalue weighted by Gasteiger charge is -2.36. The summed E-state index contributed by atoms with van der Waals surface area (Å²) in [6, 6.07) is 3.89. The normalized spacial score (nSPS) is 22.2. The highest BCUT2D eigenvalue weighted by molar-refractivity contribution is 6.33. The summed E-state index contributed by atoms with van der Waals surface area (Å²) in [4.78, 5) is 31.0. The summed E-state index contributed by atoms with van der Waals surface area (Å²) >= 11 is 6.56. The maximum absolute atomic E-state index is 13.1. The lowest BCUT2D eigenvalue weighted by atomic mass is 9.90. The number of likely N-dealkylation sites (tertiary alicyclic amines) is 1. The second-order valence-electron chi connectivity index (χ2n) is 9.18. The van der Waals surface area contributed by atoms with Gasteiger partial charge in [-0.15, -0.1) is 0 Å². The van der Waals surface area contributed by atoms with E-state index in [2.05, 4.69) is 4.90 Å². The van der Waals surface area contributed by atoms with Gasteiger partial charge in [0.05, 0.1) is 25.8 Å². The van der Waals surface area contributed by atoms with E-state index in [0.717, 1.165) is 44.5 Å². The third-order valence-corrected chi connectivity index (χ3v) is 7.83. The monoisotopic (exact) mass is 479 g/mol. The van der Waals surface area contributed by atoms with E-state index in [0.29, 0.717) is 49.3 Å². The number of carbonyl (C=O) groups excluding carboxylic acids is 2. The highest BCUT2D eigenvalue weighted by atomic mass is 35.5. The van der Waals surface area contributed by atoms with E-state index in [1.54, 1.807) is 26.0 Å². The zero-order valence-electron chi connectivity index (χ0n) is 19.8. The molecule has 0 aromatic heterocycles. The van der Waals surface area contributed by atoms with Crippen LogP contribution in [-0.4, -0.2) is 86.8 Å². The molecule has 2 saturated heterocycles. The fourth-order valence-corrected chi connectivity index (χ4v) is 5.54. The molecule has 1 aliphatic carbocycles. The number of piperidine rings is 1. The maximum atomic E-state index is 13.1.